The molecule has 2 heterocycles. The second-order valence-corrected chi connectivity index (χ2v) is 6.43. The topological polar surface area (TPSA) is 84.4 Å². The third-order valence-corrected chi connectivity index (χ3v) is 3.92. The lowest BCUT2D eigenvalue weighted by Gasteiger charge is -2.11. The molecule has 0 atom stereocenters. The maximum absolute atomic E-state index is 11.6. The minimum atomic E-state index is 0.0446. The zero-order valence-corrected chi connectivity index (χ0v) is 15.9. The number of hydrogen-bond acceptors (Lipinski definition) is 4. The molecule has 0 aliphatic carbocycles. The summed E-state index contributed by atoms with van der Waals surface area (Å²) in [7, 11) is 0. The Bertz CT molecular complexity index is 748. The summed E-state index contributed by atoms with van der Waals surface area (Å²) in [5.74, 6) is 1.86. The molecule has 0 amide bonds. The van der Waals surface area contributed by atoms with Gasteiger partial charge in [-0.1, -0.05) is 25.1 Å². The van der Waals surface area contributed by atoms with Crippen molar-refractivity contribution in [2.24, 2.45) is 4.99 Å². The maximum Gasteiger partial charge on any atom is 0.250 e. The van der Waals surface area contributed by atoms with Crippen molar-refractivity contribution >= 4 is 5.96 Å². The lowest BCUT2D eigenvalue weighted by Crippen LogP contribution is -2.37. The van der Waals surface area contributed by atoms with Crippen LogP contribution in [0.3, 0.4) is 0 Å². The van der Waals surface area contributed by atoms with Gasteiger partial charge in [-0.25, -0.2) is 4.99 Å². The number of rotatable bonds is 9. The molecule has 26 heavy (non-hydrogen) atoms. The average molecular weight is 359 g/mol. The summed E-state index contributed by atoms with van der Waals surface area (Å²) < 4.78 is 7.04. The third kappa shape index (κ3) is 6.38. The van der Waals surface area contributed by atoms with Gasteiger partial charge < -0.3 is 19.7 Å². The molecular weight excluding hydrogens is 330 g/mol. The Balaban J connectivity index is 1.76. The van der Waals surface area contributed by atoms with Crippen molar-refractivity contribution in [1.29, 1.82) is 0 Å². The first-order chi connectivity index (χ1) is 12.6. The summed E-state index contributed by atoms with van der Waals surface area (Å²) in [5, 5.41) is 10.6. The minimum absolute atomic E-state index is 0.0446. The number of guanidine groups is 1. The molecule has 0 fully saturated rings. The van der Waals surface area contributed by atoms with Gasteiger partial charge in [0.1, 0.15) is 6.54 Å². The van der Waals surface area contributed by atoms with E-state index in [1.165, 1.54) is 0 Å². The highest BCUT2D eigenvalue weighted by Crippen LogP contribution is 2.14. The zero-order chi connectivity index (χ0) is 18.8. The van der Waals surface area contributed by atoms with Gasteiger partial charge in [0.25, 0.3) is 0 Å². The molecule has 0 spiro atoms. The van der Waals surface area contributed by atoms with Crippen molar-refractivity contribution in [3.63, 3.8) is 0 Å². The molecule has 0 aliphatic heterocycles. The van der Waals surface area contributed by atoms with E-state index < -0.39 is 0 Å². The van der Waals surface area contributed by atoms with Crippen molar-refractivity contribution in [3.8, 4) is 0 Å². The van der Waals surface area contributed by atoms with Crippen molar-refractivity contribution in [2.45, 2.75) is 52.6 Å². The van der Waals surface area contributed by atoms with Crippen molar-refractivity contribution < 1.29 is 4.52 Å². The van der Waals surface area contributed by atoms with Crippen LogP contribution in [0.2, 0.25) is 0 Å². The average Bonchev–Trinajstić information content (AvgIpc) is 3.10. The number of pyridine rings is 1. The monoisotopic (exact) mass is 359 g/mol. The lowest BCUT2D eigenvalue weighted by atomic mass is 10.1. The van der Waals surface area contributed by atoms with E-state index in [2.05, 4.69) is 34.6 Å². The van der Waals surface area contributed by atoms with Crippen LogP contribution in [0.15, 0.2) is 44.8 Å². The standard InChI is InChI=1S/C19H29N5O2/c1-4-20-19(22-14-16-13-17(15(2)3)23-26-16)21-10-6-8-12-24-11-7-5-9-18(24)25/h5,7,9,11,13,15H,4,6,8,10,12,14H2,1-3H3,(H2,20,21,22). The van der Waals surface area contributed by atoms with Crippen LogP contribution in [0.5, 0.6) is 0 Å². The Labute approximate surface area is 154 Å². The molecule has 2 aromatic rings. The molecule has 7 heteroatoms. The summed E-state index contributed by atoms with van der Waals surface area (Å²) in [5.41, 5.74) is 0.993. The van der Waals surface area contributed by atoms with Crippen LogP contribution < -0.4 is 16.2 Å². The molecule has 0 saturated carbocycles. The fraction of sp³-hybridized carbons (Fsp3) is 0.526. The first-order valence-electron chi connectivity index (χ1n) is 9.23. The largest absolute Gasteiger partial charge is 0.359 e. The molecular formula is C19H29N5O2. The second kappa shape index (κ2) is 10.4. The Kier molecular flexibility index (Phi) is 7.92. The van der Waals surface area contributed by atoms with Gasteiger partial charge in [0.05, 0.1) is 5.69 Å². The number of aromatic nitrogens is 2. The van der Waals surface area contributed by atoms with Gasteiger partial charge >= 0.3 is 0 Å². The fourth-order valence-electron chi connectivity index (χ4n) is 2.43. The Morgan fingerprint density at radius 1 is 1.31 bits per heavy atom. The molecule has 2 aromatic heterocycles. The van der Waals surface area contributed by atoms with Gasteiger partial charge in [0, 0.05) is 38.0 Å². The van der Waals surface area contributed by atoms with Crippen LogP contribution >= 0.6 is 0 Å². The van der Waals surface area contributed by atoms with Crippen LogP contribution in [0.1, 0.15) is 51.0 Å². The Morgan fingerprint density at radius 3 is 2.85 bits per heavy atom. The highest BCUT2D eigenvalue weighted by molar-refractivity contribution is 5.79. The van der Waals surface area contributed by atoms with Crippen molar-refractivity contribution in [1.82, 2.24) is 20.4 Å². The number of aliphatic imine (C=N–C) groups is 1. The summed E-state index contributed by atoms with van der Waals surface area (Å²) in [6, 6.07) is 7.18. The van der Waals surface area contributed by atoms with Crippen LogP contribution in [0.4, 0.5) is 0 Å². The zero-order valence-electron chi connectivity index (χ0n) is 15.9. The van der Waals surface area contributed by atoms with Gasteiger partial charge in [0.2, 0.25) is 5.56 Å². The molecule has 0 saturated heterocycles. The molecule has 142 valence electrons. The van der Waals surface area contributed by atoms with Crippen LogP contribution in [-0.4, -0.2) is 28.8 Å². The molecule has 0 bridgehead atoms. The Hall–Kier alpha value is -2.57. The molecule has 7 nitrogen and oxygen atoms in total. The predicted octanol–water partition coefficient (Wildman–Crippen LogP) is 2.50. The molecule has 0 unspecified atom stereocenters. The van der Waals surface area contributed by atoms with Gasteiger partial charge in [0.15, 0.2) is 11.7 Å². The highest BCUT2D eigenvalue weighted by atomic mass is 16.5. The van der Waals surface area contributed by atoms with E-state index in [-0.39, 0.29) is 5.56 Å². The van der Waals surface area contributed by atoms with Crippen LogP contribution in [0.25, 0.3) is 0 Å². The first-order valence-corrected chi connectivity index (χ1v) is 9.23. The quantitative estimate of drug-likeness (QED) is 0.408. The summed E-state index contributed by atoms with van der Waals surface area (Å²) in [4.78, 5) is 16.2. The number of hydrogen-bond donors (Lipinski definition) is 2. The molecule has 0 radical (unpaired) electrons. The highest BCUT2D eigenvalue weighted by Gasteiger charge is 2.07. The van der Waals surface area contributed by atoms with Crippen molar-refractivity contribution in [2.75, 3.05) is 13.1 Å². The van der Waals surface area contributed by atoms with Crippen molar-refractivity contribution in [3.05, 3.63) is 52.3 Å². The number of aryl methyl sites for hydroxylation is 1. The van der Waals surface area contributed by atoms with E-state index in [0.717, 1.165) is 49.9 Å². The third-order valence-electron chi connectivity index (χ3n) is 3.92. The predicted molar refractivity (Wildman–Crippen MR) is 103 cm³/mol. The molecule has 0 aliphatic rings. The normalized spacial score (nSPS) is 11.8. The van der Waals surface area contributed by atoms with Gasteiger partial charge in [-0.3, -0.25) is 4.79 Å². The molecule has 2 rings (SSSR count). The maximum atomic E-state index is 11.6. The van der Waals surface area contributed by atoms with E-state index in [1.54, 1.807) is 16.7 Å². The molecule has 2 N–H and O–H groups in total. The van der Waals surface area contributed by atoms with Crippen LogP contribution in [-0.2, 0) is 13.1 Å². The van der Waals surface area contributed by atoms with Gasteiger partial charge in [-0.15, -0.1) is 0 Å². The number of nitrogens with one attached hydrogen (secondary N) is 2. The second-order valence-electron chi connectivity index (χ2n) is 6.43. The van der Waals surface area contributed by atoms with Crippen LogP contribution in [0, 0.1) is 0 Å². The van der Waals surface area contributed by atoms with E-state index in [0.29, 0.717) is 12.5 Å². The number of unbranched alkanes of at least 4 members (excludes halogenated alkanes) is 1. The van der Waals surface area contributed by atoms with E-state index in [4.69, 9.17) is 4.52 Å². The van der Waals surface area contributed by atoms with Gasteiger partial charge in [-0.05, 0) is 31.7 Å². The fourth-order valence-corrected chi connectivity index (χ4v) is 2.43. The summed E-state index contributed by atoms with van der Waals surface area (Å²) in [6.45, 7) is 8.96. The number of nitrogens with zero attached hydrogens (tertiary/aromatic N) is 3. The first kappa shape index (κ1) is 19.8. The van der Waals surface area contributed by atoms with Gasteiger partial charge in [-0.2, -0.15) is 0 Å². The van der Waals surface area contributed by atoms with E-state index in [9.17, 15) is 4.79 Å². The SMILES string of the molecule is CCNC(=NCc1cc(C(C)C)no1)NCCCCn1ccccc1=O. The Morgan fingerprint density at radius 2 is 2.15 bits per heavy atom. The lowest BCUT2D eigenvalue weighted by molar-refractivity contribution is 0.376. The van der Waals surface area contributed by atoms with E-state index >= 15 is 0 Å². The van der Waals surface area contributed by atoms with E-state index in [1.807, 2.05) is 25.3 Å². The summed E-state index contributed by atoms with van der Waals surface area (Å²) in [6.07, 6.45) is 3.70. The minimum Gasteiger partial charge on any atom is -0.359 e. The summed E-state index contributed by atoms with van der Waals surface area (Å²) >= 11 is 0. The smallest absolute Gasteiger partial charge is 0.250 e. The molecule has 0 aromatic carbocycles.